The van der Waals surface area contributed by atoms with E-state index in [1.165, 1.54) is 12.7 Å². The van der Waals surface area contributed by atoms with Crippen LogP contribution >= 0.6 is 0 Å². The molecule has 0 spiro atoms. The highest BCUT2D eigenvalue weighted by molar-refractivity contribution is 4.77. The van der Waals surface area contributed by atoms with Gasteiger partial charge in [-0.3, -0.25) is 0 Å². The van der Waals surface area contributed by atoms with Crippen molar-refractivity contribution < 1.29 is 44.6 Å². The van der Waals surface area contributed by atoms with Gasteiger partial charge in [-0.2, -0.15) is 35.1 Å². The van der Waals surface area contributed by atoms with Crippen LogP contribution in [0.4, 0.5) is 35.1 Å². The molecule has 0 aromatic rings. The van der Waals surface area contributed by atoms with Gasteiger partial charge in [0.2, 0.25) is 0 Å². The number of unbranched alkanes of at least 4 members (excludes halogenated alkanes) is 2. The van der Waals surface area contributed by atoms with Gasteiger partial charge in [0.05, 0.1) is 19.5 Å². The van der Waals surface area contributed by atoms with Gasteiger partial charge in [-0.1, -0.05) is 33.3 Å². The fraction of sp³-hybridized carbons (Fsp3) is 0.500. The van der Waals surface area contributed by atoms with Crippen molar-refractivity contribution in [3.05, 3.63) is 50.0 Å². The Balaban J connectivity index is -0.000000129. The molecule has 0 aliphatic rings. The molecule has 0 heterocycles. The third kappa shape index (κ3) is 67.4. The summed E-state index contributed by atoms with van der Waals surface area (Å²) in [4.78, 5) is 0. The summed E-state index contributed by atoms with van der Waals surface area (Å²) in [5.74, 6) is 0. The fourth-order valence-electron chi connectivity index (χ4n) is 0.661. The van der Waals surface area contributed by atoms with Gasteiger partial charge in [0.25, 0.3) is 6.08 Å². The number of ether oxygens (including phenoxy) is 2. The summed E-state index contributed by atoms with van der Waals surface area (Å²) in [6.07, 6.45) is -3.35. The molecule has 0 bridgehead atoms. The quantitative estimate of drug-likeness (QED) is 0.234. The molecule has 0 unspecified atom stereocenters. The number of hydrogen-bond donors (Lipinski definition) is 0. The maximum atomic E-state index is 11.2. The molecule has 0 aromatic heterocycles. The summed E-state index contributed by atoms with van der Waals surface area (Å²) in [6.45, 7) is 10.9. The van der Waals surface area contributed by atoms with Gasteiger partial charge >= 0.3 is 18.2 Å². The summed E-state index contributed by atoms with van der Waals surface area (Å²) in [5.41, 5.74) is 0. The van der Waals surface area contributed by atoms with Crippen molar-refractivity contribution in [3.8, 4) is 0 Å². The van der Waals surface area contributed by atoms with Crippen LogP contribution in [-0.2, 0) is 9.47 Å². The molecule has 0 fully saturated rings. The molecule has 156 valence electrons. The topological polar surface area (TPSA) is 18.5 Å². The summed E-state index contributed by atoms with van der Waals surface area (Å²) in [7, 11) is 0. The first-order valence-electron chi connectivity index (χ1n) is 7.28. The van der Waals surface area contributed by atoms with Crippen LogP contribution in [0.3, 0.4) is 0 Å². The van der Waals surface area contributed by atoms with E-state index >= 15 is 0 Å². The molecule has 0 aliphatic carbocycles. The van der Waals surface area contributed by atoms with E-state index in [1.54, 1.807) is 0 Å². The standard InChI is InChI=1S/C6H10F2O.C6H12O.C2F4.C2H2F2/c1-2-3-4-9-5-6(7)8;1-3-5-6-7-4-2;3-1(4)2(5)6;1-2(3)4/h5H,2-4H2,1H3;4H,2-3,5-6H2,1H3;;1H2. The second-order valence-corrected chi connectivity index (χ2v) is 3.88. The van der Waals surface area contributed by atoms with E-state index in [9.17, 15) is 35.1 Å². The molecule has 0 atom stereocenters. The minimum atomic E-state index is -2.91. The summed E-state index contributed by atoms with van der Waals surface area (Å²) in [5, 5.41) is 0. The average molecular weight is 400 g/mol. The van der Waals surface area contributed by atoms with Crippen LogP contribution in [0.2, 0.25) is 0 Å². The smallest absolute Gasteiger partial charge is 0.334 e. The number of rotatable bonds is 8. The van der Waals surface area contributed by atoms with E-state index in [0.29, 0.717) is 12.9 Å². The van der Waals surface area contributed by atoms with E-state index in [2.05, 4.69) is 24.8 Å². The first-order valence-corrected chi connectivity index (χ1v) is 7.28. The van der Waals surface area contributed by atoms with E-state index in [0.717, 1.165) is 25.9 Å². The van der Waals surface area contributed by atoms with E-state index in [1.807, 2.05) is 6.92 Å². The molecule has 0 aliphatic heterocycles. The monoisotopic (exact) mass is 400 g/mol. The van der Waals surface area contributed by atoms with Crippen LogP contribution < -0.4 is 0 Å². The van der Waals surface area contributed by atoms with Crippen molar-refractivity contribution in [2.45, 2.75) is 39.5 Å². The number of hydrogen-bond acceptors (Lipinski definition) is 2. The molecule has 0 saturated carbocycles. The van der Waals surface area contributed by atoms with Crippen LogP contribution in [0.15, 0.2) is 50.0 Å². The fourth-order valence-corrected chi connectivity index (χ4v) is 0.661. The highest BCUT2D eigenvalue weighted by Crippen LogP contribution is 2.08. The molecule has 10 heteroatoms. The predicted octanol–water partition coefficient (Wildman–Crippen LogP) is 7.88. The zero-order valence-electron chi connectivity index (χ0n) is 14.7. The van der Waals surface area contributed by atoms with Crippen molar-refractivity contribution in [1.82, 2.24) is 0 Å². The van der Waals surface area contributed by atoms with Crippen molar-refractivity contribution in [2.24, 2.45) is 0 Å². The van der Waals surface area contributed by atoms with Gasteiger partial charge in [-0.05, 0) is 19.4 Å². The van der Waals surface area contributed by atoms with Crippen molar-refractivity contribution in [2.75, 3.05) is 13.2 Å². The molecule has 0 radical (unpaired) electrons. The lowest BCUT2D eigenvalue weighted by Crippen LogP contribution is -1.84. The molecule has 0 aromatic carbocycles. The molecule has 26 heavy (non-hydrogen) atoms. The zero-order chi connectivity index (χ0) is 21.4. The summed E-state index contributed by atoms with van der Waals surface area (Å²) in [6, 6.07) is 0. The average Bonchev–Trinajstić information content (AvgIpc) is 2.52. The Hall–Kier alpha value is -2.00. The lowest BCUT2D eigenvalue weighted by atomic mass is 10.4. The van der Waals surface area contributed by atoms with Gasteiger partial charge in [0, 0.05) is 0 Å². The van der Waals surface area contributed by atoms with E-state index in [4.69, 9.17) is 4.74 Å². The molecule has 0 rings (SSSR count). The van der Waals surface area contributed by atoms with Crippen molar-refractivity contribution in [3.63, 3.8) is 0 Å². The van der Waals surface area contributed by atoms with Crippen LogP contribution in [0.1, 0.15) is 39.5 Å². The van der Waals surface area contributed by atoms with Gasteiger partial charge in [0.1, 0.15) is 6.26 Å². The minimum Gasteiger partial charge on any atom is -0.502 e. The Kier molecular flexibility index (Phi) is 34.0. The van der Waals surface area contributed by atoms with Gasteiger partial charge in [-0.15, -0.1) is 0 Å². The molecular formula is C16H24F8O2. The SMILES string of the molecule is C=C(F)F.C=COCCCC.CCCCOC=C(F)F.FC(F)=C(F)F. The lowest BCUT2D eigenvalue weighted by molar-refractivity contribution is 0.220. The van der Waals surface area contributed by atoms with Crippen LogP contribution in [0.25, 0.3) is 0 Å². The zero-order valence-corrected chi connectivity index (χ0v) is 14.7. The van der Waals surface area contributed by atoms with Gasteiger partial charge < -0.3 is 9.47 Å². The maximum Gasteiger partial charge on any atom is 0.334 e. The molecule has 0 N–H and O–H groups in total. The van der Waals surface area contributed by atoms with E-state index < -0.39 is 24.3 Å². The molecular weight excluding hydrogens is 376 g/mol. The largest absolute Gasteiger partial charge is 0.502 e. The third-order valence-electron chi connectivity index (χ3n) is 1.66. The third-order valence-corrected chi connectivity index (χ3v) is 1.66. The highest BCUT2D eigenvalue weighted by atomic mass is 19.3. The Morgan fingerprint density at radius 2 is 1.12 bits per heavy atom. The van der Waals surface area contributed by atoms with Crippen LogP contribution in [0.5, 0.6) is 0 Å². The van der Waals surface area contributed by atoms with E-state index in [-0.39, 0.29) is 0 Å². The Morgan fingerprint density at radius 1 is 0.769 bits per heavy atom. The van der Waals surface area contributed by atoms with Crippen molar-refractivity contribution in [1.29, 1.82) is 0 Å². The highest BCUT2D eigenvalue weighted by Gasteiger charge is 1.98. The summed E-state index contributed by atoms with van der Waals surface area (Å²) >= 11 is 0. The van der Waals surface area contributed by atoms with Gasteiger partial charge in [0.15, 0.2) is 0 Å². The Labute approximate surface area is 148 Å². The molecule has 0 amide bonds. The molecule has 0 saturated heterocycles. The van der Waals surface area contributed by atoms with Crippen LogP contribution in [-0.4, -0.2) is 13.2 Å². The summed E-state index contributed by atoms with van der Waals surface area (Å²) < 4.78 is 93.1. The first-order chi connectivity index (χ1) is 12.1. The number of halogens is 8. The normalized spacial score (nSPS) is 8.08. The second-order valence-electron chi connectivity index (χ2n) is 3.88. The van der Waals surface area contributed by atoms with Gasteiger partial charge in [-0.25, -0.2) is 0 Å². The minimum absolute atomic E-state index is 0.383. The van der Waals surface area contributed by atoms with Crippen molar-refractivity contribution >= 4 is 0 Å². The lowest BCUT2D eigenvalue weighted by Gasteiger charge is -1.94. The second kappa shape index (κ2) is 27.8. The Morgan fingerprint density at radius 3 is 1.35 bits per heavy atom. The first kappa shape index (κ1) is 31.7. The van der Waals surface area contributed by atoms with Crippen LogP contribution in [0, 0.1) is 0 Å². The maximum absolute atomic E-state index is 11.2. The Bertz CT molecular complexity index is 358. The predicted molar refractivity (Wildman–Crippen MR) is 85.0 cm³/mol. The molecule has 2 nitrogen and oxygen atoms in total.